The van der Waals surface area contributed by atoms with Gasteiger partial charge in [-0.15, -0.1) is 11.8 Å². The maximum atomic E-state index is 15.3. The predicted octanol–water partition coefficient (Wildman–Crippen LogP) is 6.08. The van der Waals surface area contributed by atoms with Gasteiger partial charge in [0.15, 0.2) is 0 Å². The van der Waals surface area contributed by atoms with Crippen molar-refractivity contribution in [2.45, 2.75) is 56.4 Å². The van der Waals surface area contributed by atoms with Crippen LogP contribution < -0.4 is 10.6 Å². The number of rotatable bonds is 3. The van der Waals surface area contributed by atoms with E-state index in [-0.39, 0.29) is 71.5 Å². The van der Waals surface area contributed by atoms with Crippen molar-refractivity contribution >= 4 is 51.8 Å². The summed E-state index contributed by atoms with van der Waals surface area (Å²) in [5, 5.41) is -0.549. The molecule has 44 heavy (non-hydrogen) atoms. The van der Waals surface area contributed by atoms with Crippen LogP contribution in [0, 0.1) is 17.0 Å². The first kappa shape index (κ1) is 30.6. The molecular formula is C30H26ClF5N4O3S. The van der Waals surface area contributed by atoms with Gasteiger partial charge in [-0.05, 0) is 32.1 Å². The van der Waals surface area contributed by atoms with Crippen LogP contribution in [0.4, 0.5) is 27.8 Å². The SMILES string of the molecule is C=CC(=O)N1[C@H](C)CN(c2nc(=O)n3c4c(c(-c5cc(Cl)c(F)cc5F)c(C(F)(F)F)cc24)SCC2(CC(=O)C2)C3)C[C@@H]1C. The van der Waals surface area contributed by atoms with Crippen molar-refractivity contribution in [2.75, 3.05) is 23.7 Å². The van der Waals surface area contributed by atoms with Crippen molar-refractivity contribution in [3.63, 3.8) is 0 Å². The molecule has 1 aromatic heterocycles. The minimum atomic E-state index is -5.00. The molecular weight excluding hydrogens is 627 g/mol. The van der Waals surface area contributed by atoms with Crippen molar-refractivity contribution in [2.24, 2.45) is 5.41 Å². The van der Waals surface area contributed by atoms with E-state index in [2.05, 4.69) is 11.6 Å². The van der Waals surface area contributed by atoms with E-state index in [0.29, 0.717) is 6.07 Å². The molecule has 0 N–H and O–H groups in total. The second-order valence-electron chi connectivity index (χ2n) is 11.8. The summed E-state index contributed by atoms with van der Waals surface area (Å²) in [6.07, 6.45) is -3.54. The molecule has 14 heteroatoms. The van der Waals surface area contributed by atoms with Crippen LogP contribution in [0.15, 0.2) is 40.5 Å². The summed E-state index contributed by atoms with van der Waals surface area (Å²) in [4.78, 5) is 45.9. The number of Topliss-reactive ketones (excluding diaryl/α,β-unsaturated/α-hetero) is 1. The average molecular weight is 653 g/mol. The van der Waals surface area contributed by atoms with Gasteiger partial charge in [-0.25, -0.2) is 13.6 Å². The number of hydrogen-bond acceptors (Lipinski definition) is 6. The number of alkyl halides is 3. The van der Waals surface area contributed by atoms with E-state index in [9.17, 15) is 31.9 Å². The van der Waals surface area contributed by atoms with E-state index in [1.165, 1.54) is 10.6 Å². The second kappa shape index (κ2) is 10.6. The van der Waals surface area contributed by atoms with Crippen LogP contribution >= 0.6 is 23.4 Å². The molecule has 6 rings (SSSR count). The maximum Gasteiger partial charge on any atom is 0.417 e. The largest absolute Gasteiger partial charge is 0.417 e. The van der Waals surface area contributed by atoms with Gasteiger partial charge in [-0.2, -0.15) is 18.2 Å². The van der Waals surface area contributed by atoms with Crippen LogP contribution in [-0.2, 0) is 22.3 Å². The molecule has 1 amide bonds. The molecule has 3 heterocycles. The van der Waals surface area contributed by atoms with Crippen LogP contribution in [0.2, 0.25) is 5.02 Å². The Kier molecular flexibility index (Phi) is 7.35. The lowest BCUT2D eigenvalue weighted by atomic mass is 9.69. The Bertz CT molecular complexity index is 1810. The van der Waals surface area contributed by atoms with Crippen molar-refractivity contribution < 1.29 is 31.5 Å². The number of carbonyl (C=O) groups excluding carboxylic acids is 2. The molecule has 232 valence electrons. The number of piperazine rings is 1. The second-order valence-corrected chi connectivity index (χ2v) is 13.2. The zero-order valence-corrected chi connectivity index (χ0v) is 25.2. The van der Waals surface area contributed by atoms with Crippen LogP contribution in [0.5, 0.6) is 0 Å². The van der Waals surface area contributed by atoms with Crippen molar-refractivity contribution in [1.82, 2.24) is 14.5 Å². The van der Waals surface area contributed by atoms with Crippen LogP contribution in [-0.4, -0.2) is 57.1 Å². The fourth-order valence-electron chi connectivity index (χ4n) is 6.77. The molecule has 3 aliphatic rings. The first-order valence-corrected chi connectivity index (χ1v) is 15.2. The number of carbonyl (C=O) groups is 2. The van der Waals surface area contributed by atoms with Crippen LogP contribution in [0.1, 0.15) is 32.3 Å². The number of aromatic nitrogens is 2. The number of ketones is 1. The van der Waals surface area contributed by atoms with Gasteiger partial charge in [0.2, 0.25) is 5.91 Å². The number of nitrogens with zero attached hydrogens (tertiary/aromatic N) is 4. The van der Waals surface area contributed by atoms with Gasteiger partial charge < -0.3 is 9.80 Å². The standard InChI is InChI=1S/C30H26ClF5N4O3S/c1-4-23(42)40-14(2)10-38(11-15(40)3)27-18-5-19(30(34,35)36)24(17-6-20(31)22(33)7-21(17)32)26-25(18)39(28(43)37-27)12-29(13-44-26)8-16(41)9-29/h4-7,14-15H,1,8-13H2,2-3H3/t14-,15+. The van der Waals surface area contributed by atoms with Gasteiger partial charge in [0.05, 0.1) is 16.1 Å². The molecule has 2 aromatic carbocycles. The molecule has 0 unspecified atom stereocenters. The number of halogens is 6. The van der Waals surface area contributed by atoms with E-state index in [1.807, 2.05) is 0 Å². The highest BCUT2D eigenvalue weighted by Crippen LogP contribution is 2.53. The summed E-state index contributed by atoms with van der Waals surface area (Å²) >= 11 is 6.94. The summed E-state index contributed by atoms with van der Waals surface area (Å²) in [6, 6.07) is 1.31. The van der Waals surface area contributed by atoms with E-state index in [4.69, 9.17) is 11.6 Å². The normalized spacial score (nSPS) is 21.4. The Morgan fingerprint density at radius 1 is 1.11 bits per heavy atom. The highest BCUT2D eigenvalue weighted by molar-refractivity contribution is 7.99. The fraction of sp³-hybridized carbons (Fsp3) is 0.400. The number of thioether (sulfide) groups is 1. The minimum Gasteiger partial charge on any atom is -0.352 e. The van der Waals surface area contributed by atoms with Gasteiger partial charge in [0.1, 0.15) is 23.2 Å². The van der Waals surface area contributed by atoms with Crippen molar-refractivity contribution in [1.29, 1.82) is 0 Å². The van der Waals surface area contributed by atoms with Gasteiger partial charge in [-0.3, -0.25) is 14.2 Å². The van der Waals surface area contributed by atoms with E-state index < -0.39 is 62.7 Å². The number of amides is 1. The summed E-state index contributed by atoms with van der Waals surface area (Å²) in [5.41, 5.74) is -3.65. The Balaban J connectivity index is 1.66. The van der Waals surface area contributed by atoms with Gasteiger partial charge >= 0.3 is 11.9 Å². The molecule has 3 aromatic rings. The highest BCUT2D eigenvalue weighted by Gasteiger charge is 2.47. The third-order valence-corrected chi connectivity index (χ3v) is 10.3. The Morgan fingerprint density at radius 3 is 2.36 bits per heavy atom. The molecule has 2 atom stereocenters. The van der Waals surface area contributed by atoms with E-state index >= 15 is 4.39 Å². The third kappa shape index (κ3) is 4.88. The van der Waals surface area contributed by atoms with Crippen molar-refractivity contribution in [3.8, 4) is 11.1 Å². The van der Waals surface area contributed by atoms with Crippen LogP contribution in [0.25, 0.3) is 22.0 Å². The van der Waals surface area contributed by atoms with Gasteiger partial charge in [0, 0.05) is 83.2 Å². The molecule has 1 aliphatic carbocycles. The molecule has 7 nitrogen and oxygen atoms in total. The molecule has 1 spiro atoms. The quantitative estimate of drug-likeness (QED) is 0.194. The summed E-state index contributed by atoms with van der Waals surface area (Å²) in [7, 11) is 0. The molecule has 1 saturated heterocycles. The molecule has 2 fully saturated rings. The lowest BCUT2D eigenvalue weighted by Gasteiger charge is -2.44. The monoisotopic (exact) mass is 652 g/mol. The first-order chi connectivity index (χ1) is 20.6. The molecule has 0 bridgehead atoms. The smallest absolute Gasteiger partial charge is 0.352 e. The Labute approximate surface area is 257 Å². The van der Waals surface area contributed by atoms with E-state index in [0.717, 1.165) is 23.9 Å². The average Bonchev–Trinajstić information content (AvgIpc) is 3.10. The predicted molar refractivity (Wildman–Crippen MR) is 157 cm³/mol. The zero-order chi connectivity index (χ0) is 31.9. The summed E-state index contributed by atoms with van der Waals surface area (Å²) < 4.78 is 75.4. The molecule has 1 saturated carbocycles. The maximum absolute atomic E-state index is 15.3. The fourth-order valence-corrected chi connectivity index (χ4v) is 8.40. The first-order valence-electron chi connectivity index (χ1n) is 13.8. The number of hydrogen-bond donors (Lipinski definition) is 0. The Hall–Kier alpha value is -3.45. The third-order valence-electron chi connectivity index (χ3n) is 8.59. The highest BCUT2D eigenvalue weighted by atomic mass is 35.5. The van der Waals surface area contributed by atoms with Crippen LogP contribution in [0.3, 0.4) is 0 Å². The number of benzene rings is 2. The van der Waals surface area contributed by atoms with E-state index in [1.54, 1.807) is 23.6 Å². The molecule has 2 aliphatic heterocycles. The number of anilines is 1. The lowest BCUT2D eigenvalue weighted by Crippen LogP contribution is -2.58. The molecule has 0 radical (unpaired) electrons. The zero-order valence-electron chi connectivity index (χ0n) is 23.6. The van der Waals surface area contributed by atoms with Gasteiger partial charge in [-0.1, -0.05) is 18.2 Å². The minimum absolute atomic E-state index is 0.00259. The summed E-state index contributed by atoms with van der Waals surface area (Å²) in [6.45, 7) is 7.47. The van der Waals surface area contributed by atoms with Gasteiger partial charge in [0.25, 0.3) is 0 Å². The Morgan fingerprint density at radius 2 is 1.77 bits per heavy atom. The summed E-state index contributed by atoms with van der Waals surface area (Å²) in [5.74, 6) is -2.53. The topological polar surface area (TPSA) is 75.5 Å². The van der Waals surface area contributed by atoms with Crippen molar-refractivity contribution in [3.05, 3.63) is 63.6 Å². The lowest BCUT2D eigenvalue weighted by molar-refractivity contribution is -0.137.